The first-order valence-electron chi connectivity index (χ1n) is 9.18. The molecular weight excluding hydrogens is 368 g/mol. The van der Waals surface area contributed by atoms with Crippen LogP contribution in [0.5, 0.6) is 11.5 Å². The molecule has 3 N–H and O–H groups in total. The van der Waals surface area contributed by atoms with Crippen molar-refractivity contribution in [2.75, 3.05) is 36.4 Å². The third-order valence-corrected chi connectivity index (χ3v) is 4.99. The molecule has 2 aromatic rings. The second-order valence-corrected chi connectivity index (χ2v) is 6.72. The van der Waals surface area contributed by atoms with E-state index in [1.54, 1.807) is 24.3 Å². The Morgan fingerprint density at radius 3 is 2.46 bits per heavy atom. The maximum absolute atomic E-state index is 12.6. The lowest BCUT2D eigenvalue weighted by atomic mass is 10.2. The van der Waals surface area contributed by atoms with Gasteiger partial charge < -0.3 is 25.0 Å². The van der Waals surface area contributed by atoms with Crippen LogP contribution < -0.4 is 19.9 Å². The predicted molar refractivity (Wildman–Crippen MR) is 102 cm³/mol. The van der Waals surface area contributed by atoms with Crippen molar-refractivity contribution in [2.24, 2.45) is 0 Å². The summed E-state index contributed by atoms with van der Waals surface area (Å²) in [5.74, 6) is -0.0684. The largest absolute Gasteiger partial charge is 0.506 e. The average Bonchev–Trinajstić information content (AvgIpc) is 2.69. The fraction of sp³-hybridized carbons (Fsp3) is 0.350. The summed E-state index contributed by atoms with van der Waals surface area (Å²) in [6.45, 7) is 1.71. The number of nitrogens with one attached hydrogen (secondary N) is 2. The summed E-state index contributed by atoms with van der Waals surface area (Å²) in [6, 6.07) is 13.0. The van der Waals surface area contributed by atoms with E-state index in [9.17, 15) is 18.7 Å². The summed E-state index contributed by atoms with van der Waals surface area (Å²) in [5.41, 5.74) is 1.02. The zero-order valence-electron chi connectivity index (χ0n) is 15.6. The zero-order valence-corrected chi connectivity index (χ0v) is 15.6. The van der Waals surface area contributed by atoms with Crippen LogP contribution in [-0.4, -0.2) is 49.8 Å². The molecule has 150 valence electrons. The van der Waals surface area contributed by atoms with Crippen molar-refractivity contribution in [2.45, 2.75) is 19.6 Å². The number of hydrogen-bond donors (Lipinski definition) is 3. The summed E-state index contributed by atoms with van der Waals surface area (Å²) in [4.78, 5) is 15.8. The molecule has 1 saturated heterocycles. The number of anilines is 2. The molecule has 1 aliphatic rings. The van der Waals surface area contributed by atoms with E-state index < -0.39 is 6.61 Å². The highest BCUT2D eigenvalue weighted by Crippen LogP contribution is 2.27. The maximum atomic E-state index is 12.6. The van der Waals surface area contributed by atoms with Gasteiger partial charge in [-0.05, 0) is 31.2 Å². The van der Waals surface area contributed by atoms with Gasteiger partial charge in [-0.2, -0.15) is 8.78 Å². The lowest BCUT2D eigenvalue weighted by Crippen LogP contribution is -3.19. The molecule has 0 aliphatic carbocycles. The molecule has 8 heteroatoms. The monoisotopic (exact) mass is 392 g/mol. The fourth-order valence-electron chi connectivity index (χ4n) is 3.39. The van der Waals surface area contributed by atoms with Gasteiger partial charge in [-0.15, -0.1) is 0 Å². The number of para-hydroxylation sites is 4. The van der Waals surface area contributed by atoms with E-state index >= 15 is 0 Å². The van der Waals surface area contributed by atoms with Crippen LogP contribution in [0.15, 0.2) is 48.5 Å². The average molecular weight is 392 g/mol. The Bertz CT molecular complexity index is 811. The highest BCUT2D eigenvalue weighted by atomic mass is 19.3. The van der Waals surface area contributed by atoms with E-state index in [1.807, 2.05) is 19.1 Å². The standard InChI is InChI=1S/C20H23F2N3O3/c1-14(19(27)23-15-6-2-5-9-18(15)28-20(21)22)24-10-12-25(13-11-24)16-7-3-4-8-17(16)26/h2-9,14,20,26H,10-13H2,1H3,(H,23,27)/p+1/t14-/m0/s1. The van der Waals surface area contributed by atoms with E-state index in [1.165, 1.54) is 12.1 Å². The van der Waals surface area contributed by atoms with E-state index in [2.05, 4.69) is 15.0 Å². The molecule has 1 amide bonds. The van der Waals surface area contributed by atoms with Gasteiger partial charge in [0, 0.05) is 0 Å². The van der Waals surface area contributed by atoms with Gasteiger partial charge in [0.15, 0.2) is 6.04 Å². The second kappa shape index (κ2) is 8.88. The number of nitrogens with zero attached hydrogens (tertiary/aromatic N) is 1. The number of alkyl halides is 2. The molecule has 1 atom stereocenters. The third kappa shape index (κ3) is 4.69. The van der Waals surface area contributed by atoms with Crippen molar-refractivity contribution in [3.05, 3.63) is 48.5 Å². The zero-order chi connectivity index (χ0) is 20.1. The van der Waals surface area contributed by atoms with E-state index in [0.29, 0.717) is 13.1 Å². The van der Waals surface area contributed by atoms with Gasteiger partial charge in [0.25, 0.3) is 5.91 Å². The third-order valence-electron chi connectivity index (χ3n) is 4.99. The maximum Gasteiger partial charge on any atom is 0.387 e. The number of carbonyl (C=O) groups is 1. The number of phenols is 1. The number of phenolic OH excluding ortho intramolecular Hbond substituents is 1. The van der Waals surface area contributed by atoms with Gasteiger partial charge in [0.05, 0.1) is 37.6 Å². The first-order valence-corrected chi connectivity index (χ1v) is 9.18. The van der Waals surface area contributed by atoms with E-state index in [-0.39, 0.29) is 29.1 Å². The Morgan fingerprint density at radius 2 is 1.79 bits per heavy atom. The fourth-order valence-corrected chi connectivity index (χ4v) is 3.39. The summed E-state index contributed by atoms with van der Waals surface area (Å²) in [5, 5.41) is 12.7. The van der Waals surface area contributed by atoms with Crippen molar-refractivity contribution in [1.82, 2.24) is 0 Å². The van der Waals surface area contributed by atoms with Crippen LogP contribution in [-0.2, 0) is 4.79 Å². The minimum absolute atomic E-state index is 0.0579. The molecule has 1 heterocycles. The number of benzene rings is 2. The van der Waals surface area contributed by atoms with Crippen LogP contribution >= 0.6 is 0 Å². The number of quaternary nitrogens is 1. The summed E-state index contributed by atoms with van der Waals surface area (Å²) >= 11 is 0. The molecule has 2 aromatic carbocycles. The van der Waals surface area contributed by atoms with Crippen molar-refractivity contribution >= 4 is 17.3 Å². The topological polar surface area (TPSA) is 66.2 Å². The second-order valence-electron chi connectivity index (χ2n) is 6.72. The molecule has 1 aliphatic heterocycles. The van der Waals surface area contributed by atoms with E-state index in [0.717, 1.165) is 23.7 Å². The lowest BCUT2D eigenvalue weighted by Gasteiger charge is -2.36. The Hall–Kier alpha value is -2.87. The number of halogens is 2. The molecule has 6 nitrogen and oxygen atoms in total. The predicted octanol–water partition coefficient (Wildman–Crippen LogP) is 1.73. The van der Waals surface area contributed by atoms with Gasteiger partial charge in [-0.25, -0.2) is 0 Å². The molecule has 0 bridgehead atoms. The van der Waals surface area contributed by atoms with Crippen LogP contribution in [0.4, 0.5) is 20.2 Å². The highest BCUT2D eigenvalue weighted by molar-refractivity contribution is 5.94. The quantitative estimate of drug-likeness (QED) is 0.701. The minimum Gasteiger partial charge on any atom is -0.506 e. The normalized spacial score (nSPS) is 16.1. The summed E-state index contributed by atoms with van der Waals surface area (Å²) in [6.07, 6.45) is 0. The SMILES string of the molecule is C[C@@H](C(=O)Nc1ccccc1OC(F)F)[NH+]1CCN(c2ccccc2O)CC1. The van der Waals surface area contributed by atoms with Crippen molar-refractivity contribution in [3.63, 3.8) is 0 Å². The van der Waals surface area contributed by atoms with Gasteiger partial charge in [-0.3, -0.25) is 4.79 Å². The highest BCUT2D eigenvalue weighted by Gasteiger charge is 2.30. The number of piperazine rings is 1. The molecule has 0 radical (unpaired) electrons. The van der Waals surface area contributed by atoms with E-state index in [4.69, 9.17) is 0 Å². The van der Waals surface area contributed by atoms with Gasteiger partial charge in [0.2, 0.25) is 0 Å². The summed E-state index contributed by atoms with van der Waals surface area (Å²) in [7, 11) is 0. The molecule has 0 saturated carbocycles. The smallest absolute Gasteiger partial charge is 0.387 e. The number of ether oxygens (including phenoxy) is 1. The Labute approximate surface area is 162 Å². The van der Waals surface area contributed by atoms with Crippen molar-refractivity contribution < 1.29 is 28.3 Å². The van der Waals surface area contributed by atoms with Gasteiger partial charge in [-0.1, -0.05) is 24.3 Å². The number of carbonyl (C=O) groups excluding carboxylic acids is 1. The van der Waals surface area contributed by atoms with Crippen molar-refractivity contribution in [3.8, 4) is 11.5 Å². The Kier molecular flexibility index (Phi) is 6.30. The first-order chi connectivity index (χ1) is 13.5. The van der Waals surface area contributed by atoms with Gasteiger partial charge in [0.1, 0.15) is 11.5 Å². The Balaban J connectivity index is 1.59. The van der Waals surface area contributed by atoms with Crippen LogP contribution in [0.1, 0.15) is 6.92 Å². The number of hydrogen-bond acceptors (Lipinski definition) is 4. The Morgan fingerprint density at radius 1 is 1.14 bits per heavy atom. The van der Waals surface area contributed by atoms with Crippen LogP contribution in [0, 0.1) is 0 Å². The van der Waals surface area contributed by atoms with Crippen LogP contribution in [0.25, 0.3) is 0 Å². The van der Waals surface area contributed by atoms with Crippen molar-refractivity contribution in [1.29, 1.82) is 0 Å². The molecule has 0 unspecified atom stereocenters. The van der Waals surface area contributed by atoms with Gasteiger partial charge >= 0.3 is 6.61 Å². The number of amides is 1. The molecule has 0 aromatic heterocycles. The molecule has 28 heavy (non-hydrogen) atoms. The minimum atomic E-state index is -2.96. The summed E-state index contributed by atoms with van der Waals surface area (Å²) < 4.78 is 29.5. The lowest BCUT2D eigenvalue weighted by molar-refractivity contribution is -0.914. The molecule has 1 fully saturated rings. The van der Waals surface area contributed by atoms with Crippen LogP contribution in [0.3, 0.4) is 0 Å². The number of rotatable bonds is 6. The first kappa shape index (κ1) is 19.9. The molecule has 0 spiro atoms. The number of aromatic hydroxyl groups is 1. The van der Waals surface area contributed by atoms with Crippen LogP contribution in [0.2, 0.25) is 0 Å². The molecule has 3 rings (SSSR count). The molecular formula is C20H24F2N3O3+.